The van der Waals surface area contributed by atoms with Gasteiger partial charge in [-0.1, -0.05) is 6.42 Å². The van der Waals surface area contributed by atoms with Gasteiger partial charge in [-0.2, -0.15) is 5.10 Å². The Morgan fingerprint density at radius 2 is 2.42 bits per heavy atom. The molecule has 1 atom stereocenters. The number of H-pyrrole nitrogens is 1. The van der Waals surface area contributed by atoms with Gasteiger partial charge in [0.25, 0.3) is 5.56 Å². The third-order valence-corrected chi connectivity index (χ3v) is 4.46. The summed E-state index contributed by atoms with van der Waals surface area (Å²) >= 11 is 3.26. The van der Waals surface area contributed by atoms with Crippen molar-refractivity contribution in [2.24, 2.45) is 0 Å². The first kappa shape index (κ1) is 14.5. The molecule has 106 valence electrons. The average molecular weight is 329 g/mol. The smallest absolute Gasteiger partial charge is 0.280 e. The first-order valence-electron chi connectivity index (χ1n) is 6.89. The molecule has 5 nitrogen and oxygen atoms in total. The standard InChI is InChI=1S/C13H21BrN4O/c1-10-5-2-3-7-18(10)8-4-6-15-11-9-16-17-13(19)12(11)14/h9-10H,2-8H2,1H3,(H2,15,17,19). The van der Waals surface area contributed by atoms with Gasteiger partial charge < -0.3 is 10.2 Å². The van der Waals surface area contributed by atoms with Gasteiger partial charge in [0.1, 0.15) is 4.47 Å². The molecule has 0 radical (unpaired) electrons. The molecule has 2 rings (SSSR count). The number of aromatic amines is 1. The zero-order valence-electron chi connectivity index (χ0n) is 11.3. The highest BCUT2D eigenvalue weighted by Gasteiger charge is 2.17. The van der Waals surface area contributed by atoms with Crippen LogP contribution in [0.3, 0.4) is 0 Å². The van der Waals surface area contributed by atoms with Crippen molar-refractivity contribution < 1.29 is 0 Å². The molecule has 1 aliphatic heterocycles. The molecule has 0 spiro atoms. The van der Waals surface area contributed by atoms with Gasteiger partial charge in [0, 0.05) is 19.1 Å². The monoisotopic (exact) mass is 328 g/mol. The fourth-order valence-electron chi connectivity index (χ4n) is 2.50. The summed E-state index contributed by atoms with van der Waals surface area (Å²) in [5.74, 6) is 0. The van der Waals surface area contributed by atoms with Crippen molar-refractivity contribution in [1.82, 2.24) is 15.1 Å². The number of anilines is 1. The predicted octanol–water partition coefficient (Wildman–Crippen LogP) is 2.21. The van der Waals surface area contributed by atoms with Gasteiger partial charge in [-0.15, -0.1) is 0 Å². The van der Waals surface area contributed by atoms with Crippen molar-refractivity contribution in [1.29, 1.82) is 0 Å². The van der Waals surface area contributed by atoms with Gasteiger partial charge >= 0.3 is 0 Å². The zero-order chi connectivity index (χ0) is 13.7. The highest BCUT2D eigenvalue weighted by atomic mass is 79.9. The molecule has 0 amide bonds. The van der Waals surface area contributed by atoms with E-state index in [1.54, 1.807) is 6.20 Å². The van der Waals surface area contributed by atoms with E-state index >= 15 is 0 Å². The van der Waals surface area contributed by atoms with E-state index < -0.39 is 0 Å². The van der Waals surface area contributed by atoms with E-state index in [1.165, 1.54) is 25.8 Å². The van der Waals surface area contributed by atoms with E-state index in [0.717, 1.165) is 25.2 Å². The summed E-state index contributed by atoms with van der Waals surface area (Å²) in [6.07, 6.45) is 6.71. The normalized spacial score (nSPS) is 20.4. The second-order valence-electron chi connectivity index (χ2n) is 5.09. The maximum absolute atomic E-state index is 11.3. The number of likely N-dealkylation sites (tertiary alicyclic amines) is 1. The van der Waals surface area contributed by atoms with Crippen LogP contribution in [-0.4, -0.2) is 40.8 Å². The Labute approximate surface area is 121 Å². The molecule has 1 fully saturated rings. The summed E-state index contributed by atoms with van der Waals surface area (Å²) in [6.45, 7) is 5.50. The van der Waals surface area contributed by atoms with Crippen LogP contribution in [0.25, 0.3) is 0 Å². The summed E-state index contributed by atoms with van der Waals surface area (Å²) in [7, 11) is 0. The Balaban J connectivity index is 1.74. The first-order valence-corrected chi connectivity index (χ1v) is 7.69. The Morgan fingerprint density at radius 1 is 1.58 bits per heavy atom. The number of hydrogen-bond donors (Lipinski definition) is 2. The minimum absolute atomic E-state index is 0.199. The van der Waals surface area contributed by atoms with Crippen molar-refractivity contribution in [3.63, 3.8) is 0 Å². The van der Waals surface area contributed by atoms with Crippen molar-refractivity contribution >= 4 is 21.6 Å². The average Bonchev–Trinajstić information content (AvgIpc) is 2.41. The Bertz CT molecular complexity index is 462. The second-order valence-corrected chi connectivity index (χ2v) is 5.88. The number of halogens is 1. The van der Waals surface area contributed by atoms with Crippen LogP contribution >= 0.6 is 15.9 Å². The highest BCUT2D eigenvalue weighted by molar-refractivity contribution is 9.10. The van der Waals surface area contributed by atoms with Crippen molar-refractivity contribution in [3.05, 3.63) is 21.0 Å². The molecule has 6 heteroatoms. The van der Waals surface area contributed by atoms with E-state index in [1.807, 2.05) is 0 Å². The van der Waals surface area contributed by atoms with Gasteiger partial charge in [0.15, 0.2) is 0 Å². The third kappa shape index (κ3) is 4.04. The molecule has 1 aliphatic rings. The van der Waals surface area contributed by atoms with Crippen molar-refractivity contribution in [2.45, 2.75) is 38.6 Å². The van der Waals surface area contributed by atoms with Crippen LogP contribution in [-0.2, 0) is 0 Å². The van der Waals surface area contributed by atoms with Gasteiger partial charge in [-0.3, -0.25) is 4.79 Å². The zero-order valence-corrected chi connectivity index (χ0v) is 12.9. The summed E-state index contributed by atoms with van der Waals surface area (Å²) in [5.41, 5.74) is 0.560. The van der Waals surface area contributed by atoms with Gasteiger partial charge in [-0.25, -0.2) is 5.10 Å². The summed E-state index contributed by atoms with van der Waals surface area (Å²) in [5, 5.41) is 9.42. The summed E-state index contributed by atoms with van der Waals surface area (Å²) in [6, 6.07) is 0.710. The number of nitrogens with one attached hydrogen (secondary N) is 2. The Morgan fingerprint density at radius 3 is 3.21 bits per heavy atom. The summed E-state index contributed by atoms with van der Waals surface area (Å²) < 4.78 is 0.522. The number of aromatic nitrogens is 2. The van der Waals surface area contributed by atoms with Crippen LogP contribution in [0.4, 0.5) is 5.69 Å². The minimum atomic E-state index is -0.199. The van der Waals surface area contributed by atoms with Crippen molar-refractivity contribution in [3.8, 4) is 0 Å². The Hall–Kier alpha value is -0.880. The van der Waals surface area contributed by atoms with E-state index in [9.17, 15) is 4.79 Å². The van der Waals surface area contributed by atoms with Crippen LogP contribution in [0.15, 0.2) is 15.5 Å². The second kappa shape index (κ2) is 7.05. The van der Waals surface area contributed by atoms with Crippen LogP contribution in [0.5, 0.6) is 0 Å². The maximum Gasteiger partial charge on any atom is 0.280 e. The number of rotatable bonds is 5. The van der Waals surface area contributed by atoms with Crippen LogP contribution in [0.1, 0.15) is 32.6 Å². The van der Waals surface area contributed by atoms with Crippen LogP contribution in [0, 0.1) is 0 Å². The van der Waals surface area contributed by atoms with Gasteiger partial charge in [-0.05, 0) is 48.7 Å². The Kier molecular flexibility index (Phi) is 5.39. The lowest BCUT2D eigenvalue weighted by Crippen LogP contribution is -2.38. The number of piperidine rings is 1. The fraction of sp³-hybridized carbons (Fsp3) is 0.692. The topological polar surface area (TPSA) is 61.0 Å². The molecule has 0 saturated carbocycles. The van der Waals surface area contributed by atoms with E-state index in [2.05, 4.69) is 43.3 Å². The molecule has 1 aromatic rings. The van der Waals surface area contributed by atoms with Gasteiger partial charge in [0.2, 0.25) is 0 Å². The minimum Gasteiger partial charge on any atom is -0.383 e. The SMILES string of the molecule is CC1CCCCN1CCCNc1cn[nH]c(=O)c1Br. The molecular formula is C13H21BrN4O. The van der Waals surface area contributed by atoms with Gasteiger partial charge in [0.05, 0.1) is 11.9 Å². The van der Waals surface area contributed by atoms with Crippen LogP contribution in [0.2, 0.25) is 0 Å². The van der Waals surface area contributed by atoms with E-state index in [0.29, 0.717) is 10.5 Å². The van der Waals surface area contributed by atoms with E-state index in [-0.39, 0.29) is 5.56 Å². The van der Waals surface area contributed by atoms with Crippen molar-refractivity contribution in [2.75, 3.05) is 25.0 Å². The number of hydrogen-bond acceptors (Lipinski definition) is 4. The maximum atomic E-state index is 11.3. The molecule has 0 aliphatic carbocycles. The predicted molar refractivity (Wildman–Crippen MR) is 80.6 cm³/mol. The highest BCUT2D eigenvalue weighted by Crippen LogP contribution is 2.17. The lowest BCUT2D eigenvalue weighted by atomic mass is 10.0. The molecule has 2 heterocycles. The lowest BCUT2D eigenvalue weighted by Gasteiger charge is -2.33. The molecule has 2 N–H and O–H groups in total. The fourth-order valence-corrected chi connectivity index (χ4v) is 2.83. The molecule has 19 heavy (non-hydrogen) atoms. The third-order valence-electron chi connectivity index (χ3n) is 3.67. The summed E-state index contributed by atoms with van der Waals surface area (Å²) in [4.78, 5) is 13.9. The largest absolute Gasteiger partial charge is 0.383 e. The molecule has 1 unspecified atom stereocenters. The van der Waals surface area contributed by atoms with E-state index in [4.69, 9.17) is 0 Å². The molecule has 0 bridgehead atoms. The number of nitrogens with zero attached hydrogens (tertiary/aromatic N) is 2. The molecule has 1 aromatic heterocycles. The van der Waals surface area contributed by atoms with Crippen LogP contribution < -0.4 is 10.9 Å². The first-order chi connectivity index (χ1) is 9.18. The lowest BCUT2D eigenvalue weighted by molar-refractivity contribution is 0.160. The molecule has 1 saturated heterocycles. The molecular weight excluding hydrogens is 308 g/mol. The quantitative estimate of drug-likeness (QED) is 0.813. The molecule has 0 aromatic carbocycles.